The van der Waals surface area contributed by atoms with Crippen LogP contribution >= 0.6 is 0 Å². The third-order valence-corrected chi connectivity index (χ3v) is 2.39. The van der Waals surface area contributed by atoms with Crippen LogP contribution in [0.15, 0.2) is 9.59 Å². The Morgan fingerprint density at radius 2 is 2.38 bits per heavy atom. The minimum atomic E-state index is -0.614. The van der Waals surface area contributed by atoms with Crippen LogP contribution in [-0.2, 0) is 4.74 Å². The normalized spacial score (nSPS) is 21.1. The number of hydrogen-bond acceptors (Lipinski definition) is 6. The van der Waals surface area contributed by atoms with Crippen molar-refractivity contribution in [3.8, 4) is 0 Å². The number of nitrogens with two attached hydrogens (primary N) is 1. The van der Waals surface area contributed by atoms with Gasteiger partial charge in [-0.1, -0.05) is 0 Å². The molecule has 1 fully saturated rings. The van der Waals surface area contributed by atoms with Gasteiger partial charge in [0.15, 0.2) is 0 Å². The largest absolute Gasteiger partial charge is 0.373 e. The fraction of sp³-hybridized carbons (Fsp3) is 0.625. The summed E-state index contributed by atoms with van der Waals surface area (Å²) in [7, 11) is 0. The molecule has 0 amide bonds. The Balaban J connectivity index is 2.23. The van der Waals surface area contributed by atoms with Gasteiger partial charge in [0, 0.05) is 19.6 Å². The van der Waals surface area contributed by atoms with Gasteiger partial charge < -0.3 is 15.4 Å². The van der Waals surface area contributed by atoms with E-state index >= 15 is 0 Å². The van der Waals surface area contributed by atoms with Crippen LogP contribution in [-0.4, -0.2) is 47.5 Å². The van der Waals surface area contributed by atoms with Crippen LogP contribution in [0.1, 0.15) is 0 Å². The number of aromatic nitrogens is 3. The zero-order chi connectivity index (χ0) is 11.5. The molecule has 0 spiro atoms. The van der Waals surface area contributed by atoms with E-state index < -0.39 is 11.2 Å². The highest BCUT2D eigenvalue weighted by molar-refractivity contribution is 5.34. The molecule has 1 aliphatic heterocycles. The molecule has 1 atom stereocenters. The Bertz CT molecular complexity index is 467. The topological polar surface area (TPSA) is 117 Å². The molecule has 0 saturated carbocycles. The van der Waals surface area contributed by atoms with E-state index in [1.54, 1.807) is 4.90 Å². The average Bonchev–Trinajstić information content (AvgIpc) is 2.29. The molecule has 1 aliphatic rings. The third kappa shape index (κ3) is 2.12. The SMILES string of the molecule is NCC1CN(c2n[nH]c(=O)[nH]c2=O)CCO1. The van der Waals surface area contributed by atoms with Gasteiger partial charge in [-0.05, 0) is 0 Å². The first-order chi connectivity index (χ1) is 7.70. The molecule has 8 heteroatoms. The van der Waals surface area contributed by atoms with Gasteiger partial charge >= 0.3 is 5.69 Å². The summed E-state index contributed by atoms with van der Waals surface area (Å²) < 4.78 is 5.36. The minimum absolute atomic E-state index is 0.109. The van der Waals surface area contributed by atoms with Crippen LogP contribution in [0.25, 0.3) is 0 Å². The molecule has 16 heavy (non-hydrogen) atoms. The van der Waals surface area contributed by atoms with Gasteiger partial charge in [-0.15, -0.1) is 5.10 Å². The van der Waals surface area contributed by atoms with Crippen LogP contribution in [0, 0.1) is 0 Å². The van der Waals surface area contributed by atoms with Crippen LogP contribution < -0.4 is 21.9 Å². The van der Waals surface area contributed by atoms with Crippen molar-refractivity contribution in [1.29, 1.82) is 0 Å². The monoisotopic (exact) mass is 227 g/mol. The zero-order valence-corrected chi connectivity index (χ0v) is 8.60. The molecular weight excluding hydrogens is 214 g/mol. The summed E-state index contributed by atoms with van der Waals surface area (Å²) in [5.41, 5.74) is 4.38. The van der Waals surface area contributed by atoms with E-state index in [2.05, 4.69) is 15.2 Å². The molecule has 2 heterocycles. The van der Waals surface area contributed by atoms with E-state index in [9.17, 15) is 9.59 Å². The lowest BCUT2D eigenvalue weighted by Crippen LogP contribution is -2.48. The summed E-state index contributed by atoms with van der Waals surface area (Å²) >= 11 is 0. The Hall–Kier alpha value is -1.67. The van der Waals surface area contributed by atoms with Crippen molar-refractivity contribution in [2.24, 2.45) is 5.73 Å². The third-order valence-electron chi connectivity index (χ3n) is 2.39. The highest BCUT2D eigenvalue weighted by atomic mass is 16.5. The molecule has 0 radical (unpaired) electrons. The van der Waals surface area contributed by atoms with Gasteiger partial charge in [0.2, 0.25) is 5.82 Å². The Kier molecular flexibility index (Phi) is 3.02. The summed E-state index contributed by atoms with van der Waals surface area (Å²) in [6.07, 6.45) is -0.109. The first-order valence-corrected chi connectivity index (χ1v) is 4.96. The lowest BCUT2D eigenvalue weighted by atomic mass is 10.3. The summed E-state index contributed by atoms with van der Waals surface area (Å²) in [5.74, 6) is 0.196. The van der Waals surface area contributed by atoms with E-state index in [1.165, 1.54) is 0 Å². The molecule has 0 aromatic carbocycles. The molecule has 1 saturated heterocycles. The van der Waals surface area contributed by atoms with Crippen molar-refractivity contribution in [2.75, 3.05) is 31.1 Å². The Labute approximate surface area is 90.4 Å². The zero-order valence-electron chi connectivity index (χ0n) is 8.60. The van der Waals surface area contributed by atoms with Crippen molar-refractivity contribution < 1.29 is 4.74 Å². The lowest BCUT2D eigenvalue weighted by Gasteiger charge is -2.32. The van der Waals surface area contributed by atoms with Crippen molar-refractivity contribution in [3.63, 3.8) is 0 Å². The van der Waals surface area contributed by atoms with E-state index in [-0.39, 0.29) is 11.9 Å². The predicted octanol–water partition coefficient (Wildman–Crippen LogP) is -2.38. The maximum atomic E-state index is 11.5. The number of ether oxygens (including phenoxy) is 1. The predicted molar refractivity (Wildman–Crippen MR) is 56.5 cm³/mol. The number of anilines is 1. The number of H-pyrrole nitrogens is 2. The fourth-order valence-electron chi connectivity index (χ4n) is 1.61. The van der Waals surface area contributed by atoms with Crippen molar-refractivity contribution in [1.82, 2.24) is 15.2 Å². The van der Waals surface area contributed by atoms with Gasteiger partial charge in [-0.25, -0.2) is 9.89 Å². The first kappa shape index (κ1) is 10.8. The van der Waals surface area contributed by atoms with Crippen molar-refractivity contribution in [3.05, 3.63) is 20.8 Å². The highest BCUT2D eigenvalue weighted by Crippen LogP contribution is 2.08. The van der Waals surface area contributed by atoms with Crippen molar-refractivity contribution >= 4 is 5.82 Å². The Morgan fingerprint density at radius 3 is 3.06 bits per heavy atom. The maximum absolute atomic E-state index is 11.5. The molecular formula is C8H13N5O3. The molecule has 1 aromatic rings. The molecule has 88 valence electrons. The van der Waals surface area contributed by atoms with Gasteiger partial charge in [0.25, 0.3) is 5.56 Å². The standard InChI is InChI=1S/C8H13N5O3/c9-3-5-4-13(1-2-16-5)6-7(14)10-8(15)12-11-6/h5H,1-4,9H2,(H2,10,12,14,15). The molecule has 4 N–H and O–H groups in total. The number of nitrogens with one attached hydrogen (secondary N) is 2. The maximum Gasteiger partial charge on any atom is 0.342 e. The van der Waals surface area contributed by atoms with Gasteiger partial charge in [-0.2, -0.15) is 0 Å². The molecule has 1 unspecified atom stereocenters. The lowest BCUT2D eigenvalue weighted by molar-refractivity contribution is 0.0461. The van der Waals surface area contributed by atoms with Crippen LogP contribution in [0.5, 0.6) is 0 Å². The summed E-state index contributed by atoms with van der Waals surface area (Å²) in [5, 5.41) is 5.91. The Morgan fingerprint density at radius 1 is 1.56 bits per heavy atom. The second-order valence-corrected chi connectivity index (χ2v) is 3.50. The second kappa shape index (κ2) is 4.45. The van der Waals surface area contributed by atoms with Crippen LogP contribution in [0.4, 0.5) is 5.82 Å². The van der Waals surface area contributed by atoms with E-state index in [4.69, 9.17) is 10.5 Å². The van der Waals surface area contributed by atoms with E-state index in [0.717, 1.165) is 0 Å². The summed E-state index contributed by atoms with van der Waals surface area (Å²) in [6, 6.07) is 0. The summed E-state index contributed by atoms with van der Waals surface area (Å²) in [6.45, 7) is 1.93. The number of morpholine rings is 1. The van der Waals surface area contributed by atoms with Crippen molar-refractivity contribution in [2.45, 2.75) is 6.10 Å². The second-order valence-electron chi connectivity index (χ2n) is 3.50. The smallest absolute Gasteiger partial charge is 0.342 e. The number of rotatable bonds is 2. The molecule has 2 rings (SSSR count). The number of nitrogens with zero attached hydrogens (tertiary/aromatic N) is 2. The number of aromatic amines is 2. The molecule has 0 aliphatic carbocycles. The molecule has 0 bridgehead atoms. The van der Waals surface area contributed by atoms with Crippen LogP contribution in [0.3, 0.4) is 0 Å². The number of hydrogen-bond donors (Lipinski definition) is 3. The van der Waals surface area contributed by atoms with Crippen LogP contribution in [0.2, 0.25) is 0 Å². The van der Waals surface area contributed by atoms with Gasteiger partial charge in [0.05, 0.1) is 12.7 Å². The highest BCUT2D eigenvalue weighted by Gasteiger charge is 2.22. The first-order valence-electron chi connectivity index (χ1n) is 4.96. The van der Waals surface area contributed by atoms with E-state index in [0.29, 0.717) is 26.2 Å². The van der Waals surface area contributed by atoms with Gasteiger partial charge in [-0.3, -0.25) is 9.78 Å². The van der Waals surface area contributed by atoms with E-state index in [1.807, 2.05) is 0 Å². The summed E-state index contributed by atoms with van der Waals surface area (Å²) in [4.78, 5) is 26.2. The fourth-order valence-corrected chi connectivity index (χ4v) is 1.61. The minimum Gasteiger partial charge on any atom is -0.373 e. The molecule has 8 nitrogen and oxygen atoms in total. The average molecular weight is 227 g/mol. The molecule has 1 aromatic heterocycles. The van der Waals surface area contributed by atoms with Gasteiger partial charge in [0.1, 0.15) is 0 Å². The quantitative estimate of drug-likeness (QED) is 0.519.